The molecule has 1 atom stereocenters. The molecular weight excluding hydrogens is 296 g/mol. The maximum Gasteiger partial charge on any atom is 0.269 e. The summed E-state index contributed by atoms with van der Waals surface area (Å²) in [6.07, 6.45) is -0.640. The second-order valence-corrected chi connectivity index (χ2v) is 5.31. The van der Waals surface area contributed by atoms with Gasteiger partial charge in [0, 0.05) is 31.4 Å². The van der Waals surface area contributed by atoms with Crippen LogP contribution in [0.5, 0.6) is 0 Å². The monoisotopic (exact) mass is 316 g/mol. The van der Waals surface area contributed by atoms with Crippen LogP contribution in [0.25, 0.3) is 0 Å². The van der Waals surface area contributed by atoms with Gasteiger partial charge in [0.1, 0.15) is 0 Å². The van der Waals surface area contributed by atoms with Gasteiger partial charge in [-0.1, -0.05) is 30.3 Å². The summed E-state index contributed by atoms with van der Waals surface area (Å²) in [7, 11) is 1.82. The van der Waals surface area contributed by atoms with Crippen LogP contribution in [0.2, 0.25) is 0 Å². The predicted octanol–water partition coefficient (Wildman–Crippen LogP) is 2.61. The molecule has 0 fully saturated rings. The SMILES string of the molecule is CN(CC(O)COCc1ccccc1)c1ccc([N+](=O)[O-])cc1. The Morgan fingerprint density at radius 3 is 2.43 bits per heavy atom. The van der Waals surface area contributed by atoms with E-state index in [0.29, 0.717) is 13.2 Å². The lowest BCUT2D eigenvalue weighted by atomic mass is 10.2. The van der Waals surface area contributed by atoms with E-state index >= 15 is 0 Å². The quantitative estimate of drug-likeness (QED) is 0.598. The van der Waals surface area contributed by atoms with Crippen molar-refractivity contribution < 1.29 is 14.8 Å². The molecule has 0 bridgehead atoms. The van der Waals surface area contributed by atoms with Crippen molar-refractivity contribution in [1.29, 1.82) is 0 Å². The third-order valence-corrected chi connectivity index (χ3v) is 3.41. The summed E-state index contributed by atoms with van der Waals surface area (Å²) in [5, 5.41) is 20.7. The highest BCUT2D eigenvalue weighted by atomic mass is 16.6. The second kappa shape index (κ2) is 8.26. The Balaban J connectivity index is 1.77. The Bertz CT molecular complexity index is 616. The zero-order valence-corrected chi connectivity index (χ0v) is 13.0. The van der Waals surface area contributed by atoms with Crippen LogP contribution in [0.15, 0.2) is 54.6 Å². The van der Waals surface area contributed by atoms with Crippen molar-refractivity contribution in [1.82, 2.24) is 0 Å². The molecule has 2 rings (SSSR count). The normalized spacial score (nSPS) is 11.9. The van der Waals surface area contributed by atoms with Crippen LogP contribution >= 0.6 is 0 Å². The van der Waals surface area contributed by atoms with Gasteiger partial charge in [-0.3, -0.25) is 10.1 Å². The first-order valence-corrected chi connectivity index (χ1v) is 7.31. The molecule has 1 N–H and O–H groups in total. The van der Waals surface area contributed by atoms with Gasteiger partial charge in [-0.05, 0) is 17.7 Å². The van der Waals surface area contributed by atoms with Gasteiger partial charge in [0.05, 0.1) is 24.2 Å². The van der Waals surface area contributed by atoms with E-state index in [2.05, 4.69) is 0 Å². The maximum atomic E-state index is 10.6. The van der Waals surface area contributed by atoms with Crippen molar-refractivity contribution in [3.63, 3.8) is 0 Å². The Morgan fingerprint density at radius 1 is 1.17 bits per heavy atom. The van der Waals surface area contributed by atoms with Gasteiger partial charge >= 0.3 is 0 Å². The molecule has 0 aromatic heterocycles. The molecule has 0 radical (unpaired) electrons. The van der Waals surface area contributed by atoms with Gasteiger partial charge in [-0.15, -0.1) is 0 Å². The highest BCUT2D eigenvalue weighted by Gasteiger charge is 2.11. The van der Waals surface area contributed by atoms with E-state index in [-0.39, 0.29) is 12.3 Å². The number of nitrogens with zero attached hydrogens (tertiary/aromatic N) is 2. The first kappa shape index (κ1) is 16.9. The number of anilines is 1. The van der Waals surface area contributed by atoms with Crippen molar-refractivity contribution in [3.8, 4) is 0 Å². The van der Waals surface area contributed by atoms with E-state index < -0.39 is 11.0 Å². The molecule has 0 aliphatic heterocycles. The minimum atomic E-state index is -0.640. The molecule has 122 valence electrons. The number of ether oxygens (including phenoxy) is 1. The number of non-ortho nitro benzene ring substituents is 1. The molecule has 1 unspecified atom stereocenters. The van der Waals surface area contributed by atoms with Gasteiger partial charge in [0.15, 0.2) is 0 Å². The number of aliphatic hydroxyl groups is 1. The van der Waals surface area contributed by atoms with Crippen LogP contribution in [0.3, 0.4) is 0 Å². The number of rotatable bonds is 8. The topological polar surface area (TPSA) is 75.8 Å². The Labute approximate surface area is 135 Å². The van der Waals surface area contributed by atoms with Crippen LogP contribution in [0, 0.1) is 10.1 Å². The van der Waals surface area contributed by atoms with Crippen molar-refractivity contribution in [2.24, 2.45) is 0 Å². The average Bonchev–Trinajstić information content (AvgIpc) is 2.56. The van der Waals surface area contributed by atoms with Crippen LogP contribution in [-0.2, 0) is 11.3 Å². The fourth-order valence-electron chi connectivity index (χ4n) is 2.19. The van der Waals surface area contributed by atoms with E-state index in [0.717, 1.165) is 11.3 Å². The van der Waals surface area contributed by atoms with Crippen LogP contribution < -0.4 is 4.90 Å². The van der Waals surface area contributed by atoms with Gasteiger partial charge < -0.3 is 14.7 Å². The largest absolute Gasteiger partial charge is 0.389 e. The fraction of sp³-hybridized carbons (Fsp3) is 0.294. The molecule has 0 saturated heterocycles. The zero-order chi connectivity index (χ0) is 16.7. The molecule has 6 nitrogen and oxygen atoms in total. The van der Waals surface area contributed by atoms with Crippen molar-refractivity contribution >= 4 is 11.4 Å². The first-order chi connectivity index (χ1) is 11.1. The molecule has 0 spiro atoms. The zero-order valence-electron chi connectivity index (χ0n) is 13.0. The molecule has 0 aliphatic carbocycles. The summed E-state index contributed by atoms with van der Waals surface area (Å²) in [4.78, 5) is 12.0. The average molecular weight is 316 g/mol. The van der Waals surface area contributed by atoms with E-state index in [9.17, 15) is 15.2 Å². The lowest BCUT2D eigenvalue weighted by molar-refractivity contribution is -0.384. The minimum Gasteiger partial charge on any atom is -0.389 e. The summed E-state index contributed by atoms with van der Waals surface area (Å²) in [5.41, 5.74) is 1.91. The van der Waals surface area contributed by atoms with Gasteiger partial charge in [-0.25, -0.2) is 0 Å². The molecule has 0 amide bonds. The number of benzene rings is 2. The summed E-state index contributed by atoms with van der Waals surface area (Å²) in [6, 6.07) is 16.0. The summed E-state index contributed by atoms with van der Waals surface area (Å²) in [5.74, 6) is 0. The molecule has 0 heterocycles. The van der Waals surface area contributed by atoms with E-state index in [4.69, 9.17) is 4.74 Å². The fourth-order valence-corrected chi connectivity index (χ4v) is 2.19. The predicted molar refractivity (Wildman–Crippen MR) is 88.5 cm³/mol. The third-order valence-electron chi connectivity index (χ3n) is 3.41. The van der Waals surface area contributed by atoms with Crippen LogP contribution in [0.4, 0.5) is 11.4 Å². The van der Waals surface area contributed by atoms with E-state index in [1.165, 1.54) is 12.1 Å². The van der Waals surface area contributed by atoms with Crippen molar-refractivity contribution in [2.75, 3.05) is 25.1 Å². The van der Waals surface area contributed by atoms with Crippen molar-refractivity contribution in [2.45, 2.75) is 12.7 Å². The summed E-state index contributed by atoms with van der Waals surface area (Å²) in [6.45, 7) is 1.07. The molecule has 0 aliphatic rings. The maximum absolute atomic E-state index is 10.6. The minimum absolute atomic E-state index is 0.0499. The van der Waals surface area contributed by atoms with Crippen LogP contribution in [0.1, 0.15) is 5.56 Å². The number of hydrogen-bond donors (Lipinski definition) is 1. The molecule has 6 heteroatoms. The smallest absolute Gasteiger partial charge is 0.269 e. The number of hydrogen-bond acceptors (Lipinski definition) is 5. The lowest BCUT2D eigenvalue weighted by Crippen LogP contribution is -2.32. The third kappa shape index (κ3) is 5.36. The van der Waals surface area contributed by atoms with Gasteiger partial charge in [0.25, 0.3) is 5.69 Å². The summed E-state index contributed by atoms with van der Waals surface area (Å²) < 4.78 is 5.50. The second-order valence-electron chi connectivity index (χ2n) is 5.31. The molecule has 23 heavy (non-hydrogen) atoms. The Hall–Kier alpha value is -2.44. The Morgan fingerprint density at radius 2 is 1.83 bits per heavy atom. The van der Waals surface area contributed by atoms with E-state index in [1.54, 1.807) is 12.1 Å². The number of nitro groups is 1. The highest BCUT2D eigenvalue weighted by molar-refractivity contribution is 5.50. The molecule has 2 aromatic carbocycles. The molecule has 2 aromatic rings. The van der Waals surface area contributed by atoms with Gasteiger partial charge in [0.2, 0.25) is 0 Å². The summed E-state index contributed by atoms with van der Waals surface area (Å²) >= 11 is 0. The molecular formula is C17H20N2O4. The molecule has 0 saturated carbocycles. The standard InChI is InChI=1S/C17H20N2O4/c1-18(15-7-9-16(10-8-15)19(21)22)11-17(20)13-23-12-14-5-3-2-4-6-14/h2-10,17,20H,11-13H2,1H3. The number of nitro benzene ring substituents is 1. The number of aliphatic hydroxyl groups excluding tert-OH is 1. The van der Waals surface area contributed by atoms with Gasteiger partial charge in [-0.2, -0.15) is 0 Å². The van der Waals surface area contributed by atoms with Crippen LogP contribution in [-0.4, -0.2) is 36.3 Å². The van der Waals surface area contributed by atoms with Crippen molar-refractivity contribution in [3.05, 3.63) is 70.3 Å². The Kier molecular flexibility index (Phi) is 6.08. The number of likely N-dealkylation sites (N-methyl/N-ethyl adjacent to an activating group) is 1. The lowest BCUT2D eigenvalue weighted by Gasteiger charge is -2.22. The van der Waals surface area contributed by atoms with E-state index in [1.807, 2.05) is 42.3 Å². The first-order valence-electron chi connectivity index (χ1n) is 7.31. The highest BCUT2D eigenvalue weighted by Crippen LogP contribution is 2.18.